The molecule has 1 aromatic carbocycles. The zero-order chi connectivity index (χ0) is 13.1. The Labute approximate surface area is 122 Å². The number of carbonyl (C=O) groups is 1. The number of hydrogen-bond donors (Lipinski definition) is 1. The van der Waals surface area contributed by atoms with Crippen LogP contribution in [0.1, 0.15) is 23.2 Å². The van der Waals surface area contributed by atoms with Crippen molar-refractivity contribution in [2.24, 2.45) is 0 Å². The molecule has 1 saturated heterocycles. The van der Waals surface area contributed by atoms with Gasteiger partial charge >= 0.3 is 5.97 Å². The minimum atomic E-state index is -0.964. The number of hydrogen-bond acceptors (Lipinski definition) is 3. The lowest BCUT2D eigenvalue weighted by Crippen LogP contribution is -2.26. The van der Waals surface area contributed by atoms with E-state index >= 15 is 0 Å². The third-order valence-corrected chi connectivity index (χ3v) is 3.88. The van der Waals surface area contributed by atoms with Gasteiger partial charge in [-0.05, 0) is 44.0 Å². The first-order valence-electron chi connectivity index (χ1n) is 5.54. The fraction of sp³-hybridized carbons (Fsp3) is 0.417. The second kappa shape index (κ2) is 6.04. The maximum Gasteiger partial charge on any atom is 0.335 e. The standard InChI is InChI=1S/C12H12Br2O4/c13-9-5-7(12(15)16)6-10(14)11(9)18-8-1-3-17-4-2-8/h5-6,8H,1-4H2,(H,15,16). The largest absolute Gasteiger partial charge is 0.488 e. The molecule has 0 saturated carbocycles. The number of carboxylic acid groups (broad SMARTS) is 1. The predicted octanol–water partition coefficient (Wildman–Crippen LogP) is 3.47. The molecule has 0 unspecified atom stereocenters. The van der Waals surface area contributed by atoms with E-state index in [0.717, 1.165) is 12.8 Å². The van der Waals surface area contributed by atoms with E-state index in [4.69, 9.17) is 14.6 Å². The lowest BCUT2D eigenvalue weighted by molar-refractivity contribution is 0.0249. The summed E-state index contributed by atoms with van der Waals surface area (Å²) in [6, 6.07) is 3.09. The van der Waals surface area contributed by atoms with Crippen LogP contribution in [-0.2, 0) is 4.74 Å². The van der Waals surface area contributed by atoms with Gasteiger partial charge in [-0.25, -0.2) is 4.79 Å². The van der Waals surface area contributed by atoms with Crippen molar-refractivity contribution in [3.8, 4) is 5.75 Å². The monoisotopic (exact) mass is 378 g/mol. The van der Waals surface area contributed by atoms with Crippen molar-refractivity contribution in [3.05, 3.63) is 26.6 Å². The number of benzene rings is 1. The predicted molar refractivity (Wildman–Crippen MR) is 73.3 cm³/mol. The molecular formula is C12H12Br2O4. The van der Waals surface area contributed by atoms with Gasteiger partial charge in [0.1, 0.15) is 11.9 Å². The van der Waals surface area contributed by atoms with Crippen LogP contribution in [0.2, 0.25) is 0 Å². The van der Waals surface area contributed by atoms with Gasteiger partial charge in [0.25, 0.3) is 0 Å². The first-order valence-corrected chi connectivity index (χ1v) is 7.13. The number of aromatic carboxylic acids is 1. The molecule has 6 heteroatoms. The zero-order valence-electron chi connectivity index (χ0n) is 9.49. The van der Waals surface area contributed by atoms with Crippen LogP contribution < -0.4 is 4.74 Å². The molecule has 1 heterocycles. The van der Waals surface area contributed by atoms with Gasteiger partial charge in [-0.2, -0.15) is 0 Å². The van der Waals surface area contributed by atoms with Gasteiger partial charge in [0.15, 0.2) is 0 Å². The van der Waals surface area contributed by atoms with E-state index < -0.39 is 5.97 Å². The van der Waals surface area contributed by atoms with Gasteiger partial charge in [0.05, 0.1) is 27.7 Å². The Morgan fingerprint density at radius 2 is 1.83 bits per heavy atom. The van der Waals surface area contributed by atoms with E-state index in [9.17, 15) is 4.79 Å². The Hall–Kier alpha value is -0.590. The Kier molecular flexibility index (Phi) is 4.64. The Balaban J connectivity index is 2.19. The van der Waals surface area contributed by atoms with Crippen molar-refractivity contribution in [1.29, 1.82) is 0 Å². The van der Waals surface area contributed by atoms with Crippen LogP contribution in [0.5, 0.6) is 5.75 Å². The number of halogens is 2. The molecule has 0 spiro atoms. The molecule has 2 rings (SSSR count). The minimum absolute atomic E-state index is 0.113. The van der Waals surface area contributed by atoms with E-state index in [2.05, 4.69) is 31.9 Å². The molecule has 0 bridgehead atoms. The first-order chi connectivity index (χ1) is 8.58. The van der Waals surface area contributed by atoms with Crippen molar-refractivity contribution in [2.45, 2.75) is 18.9 Å². The molecule has 1 aromatic rings. The summed E-state index contributed by atoms with van der Waals surface area (Å²) in [5.41, 5.74) is 0.216. The summed E-state index contributed by atoms with van der Waals surface area (Å²) >= 11 is 6.69. The zero-order valence-corrected chi connectivity index (χ0v) is 12.7. The van der Waals surface area contributed by atoms with E-state index in [0.29, 0.717) is 27.9 Å². The molecule has 98 valence electrons. The molecule has 1 fully saturated rings. The normalized spacial score (nSPS) is 16.6. The molecular weight excluding hydrogens is 368 g/mol. The Bertz CT molecular complexity index is 432. The van der Waals surface area contributed by atoms with E-state index in [1.165, 1.54) is 0 Å². The lowest BCUT2D eigenvalue weighted by Gasteiger charge is -2.24. The average Bonchev–Trinajstić information content (AvgIpc) is 2.34. The Morgan fingerprint density at radius 1 is 1.28 bits per heavy atom. The van der Waals surface area contributed by atoms with Gasteiger partial charge < -0.3 is 14.6 Å². The molecule has 0 aliphatic carbocycles. The SMILES string of the molecule is O=C(O)c1cc(Br)c(OC2CCOCC2)c(Br)c1. The highest BCUT2D eigenvalue weighted by Crippen LogP contribution is 2.36. The average molecular weight is 380 g/mol. The Morgan fingerprint density at radius 3 is 2.33 bits per heavy atom. The molecule has 1 aliphatic heterocycles. The molecule has 18 heavy (non-hydrogen) atoms. The minimum Gasteiger partial charge on any atom is -0.488 e. The highest BCUT2D eigenvalue weighted by Gasteiger charge is 2.19. The molecule has 0 amide bonds. The van der Waals surface area contributed by atoms with Crippen molar-refractivity contribution in [1.82, 2.24) is 0 Å². The van der Waals surface area contributed by atoms with Crippen LogP contribution in [0.3, 0.4) is 0 Å². The third kappa shape index (κ3) is 3.24. The van der Waals surface area contributed by atoms with E-state index in [1.54, 1.807) is 12.1 Å². The van der Waals surface area contributed by atoms with Crippen molar-refractivity contribution >= 4 is 37.8 Å². The number of carboxylic acids is 1. The summed E-state index contributed by atoms with van der Waals surface area (Å²) in [6.07, 6.45) is 1.81. The van der Waals surface area contributed by atoms with Crippen molar-refractivity contribution in [2.75, 3.05) is 13.2 Å². The van der Waals surface area contributed by atoms with Crippen LogP contribution in [0, 0.1) is 0 Å². The van der Waals surface area contributed by atoms with Crippen molar-refractivity contribution < 1.29 is 19.4 Å². The maximum absolute atomic E-state index is 10.9. The highest BCUT2D eigenvalue weighted by molar-refractivity contribution is 9.11. The fourth-order valence-electron chi connectivity index (χ4n) is 1.76. The van der Waals surface area contributed by atoms with Gasteiger partial charge in [0.2, 0.25) is 0 Å². The first kappa shape index (κ1) is 13.8. The van der Waals surface area contributed by atoms with Gasteiger partial charge in [-0.1, -0.05) is 0 Å². The van der Waals surface area contributed by atoms with Crippen LogP contribution >= 0.6 is 31.9 Å². The topological polar surface area (TPSA) is 55.8 Å². The van der Waals surface area contributed by atoms with Crippen LogP contribution in [0.25, 0.3) is 0 Å². The summed E-state index contributed by atoms with van der Waals surface area (Å²) in [5, 5.41) is 8.95. The molecule has 1 N–H and O–H groups in total. The molecule has 0 radical (unpaired) electrons. The van der Waals surface area contributed by atoms with Gasteiger partial charge in [-0.3, -0.25) is 0 Å². The second-order valence-electron chi connectivity index (χ2n) is 4.00. The molecule has 1 aliphatic rings. The van der Waals surface area contributed by atoms with E-state index in [-0.39, 0.29) is 11.7 Å². The lowest BCUT2D eigenvalue weighted by atomic mass is 10.1. The van der Waals surface area contributed by atoms with Crippen LogP contribution in [-0.4, -0.2) is 30.4 Å². The number of rotatable bonds is 3. The smallest absolute Gasteiger partial charge is 0.335 e. The van der Waals surface area contributed by atoms with Crippen LogP contribution in [0.4, 0.5) is 0 Å². The van der Waals surface area contributed by atoms with Crippen LogP contribution in [0.15, 0.2) is 21.1 Å². The third-order valence-electron chi connectivity index (χ3n) is 2.70. The number of ether oxygens (including phenoxy) is 2. The summed E-state index contributed by atoms with van der Waals surface area (Å²) in [7, 11) is 0. The molecule has 4 nitrogen and oxygen atoms in total. The molecule has 0 aromatic heterocycles. The van der Waals surface area contributed by atoms with Gasteiger partial charge in [0, 0.05) is 12.8 Å². The maximum atomic E-state index is 10.9. The summed E-state index contributed by atoms with van der Waals surface area (Å²) < 4.78 is 12.4. The fourth-order valence-corrected chi connectivity index (χ4v) is 3.13. The quantitative estimate of drug-likeness (QED) is 0.873. The highest BCUT2D eigenvalue weighted by atomic mass is 79.9. The van der Waals surface area contributed by atoms with Crippen molar-refractivity contribution in [3.63, 3.8) is 0 Å². The summed E-state index contributed by atoms with van der Waals surface area (Å²) in [6.45, 7) is 1.40. The summed E-state index contributed by atoms with van der Waals surface area (Å²) in [5.74, 6) is -0.319. The van der Waals surface area contributed by atoms with Gasteiger partial charge in [-0.15, -0.1) is 0 Å². The van der Waals surface area contributed by atoms with E-state index in [1.807, 2.05) is 0 Å². The molecule has 0 atom stereocenters. The summed E-state index contributed by atoms with van der Waals surface area (Å²) in [4.78, 5) is 10.9. The second-order valence-corrected chi connectivity index (χ2v) is 5.71.